The zero-order chi connectivity index (χ0) is 21.7. The lowest BCUT2D eigenvalue weighted by Gasteiger charge is -2.14. The number of amides is 2. The first kappa shape index (κ1) is 20.8. The molecule has 3 aromatic carbocycles. The normalized spacial score (nSPS) is 10.9. The van der Waals surface area contributed by atoms with Gasteiger partial charge in [-0.3, -0.25) is 9.59 Å². The van der Waals surface area contributed by atoms with Crippen LogP contribution in [0.2, 0.25) is 0 Å². The van der Waals surface area contributed by atoms with Gasteiger partial charge in [-0.2, -0.15) is 0 Å². The molecule has 0 saturated carbocycles. The maximum atomic E-state index is 14.8. The standard InChI is InChI=1S/C21H14F4N2O3/c22-18-14(19(28)26-13-7-2-1-3-8-13)9-6-10-15(18)20(29)27-16-11-4-5-12-17(16)30-21(23,24)25/h1-12H,(H,26,28)(H,27,29). The van der Waals surface area contributed by atoms with Gasteiger partial charge in [-0.25, -0.2) is 4.39 Å². The molecule has 0 saturated heterocycles. The molecule has 0 aliphatic heterocycles. The minimum Gasteiger partial charge on any atom is -0.404 e. The van der Waals surface area contributed by atoms with Crippen molar-refractivity contribution in [1.82, 2.24) is 0 Å². The Kier molecular flexibility index (Phi) is 6.01. The van der Waals surface area contributed by atoms with Crippen molar-refractivity contribution in [3.05, 3.63) is 89.7 Å². The number of anilines is 2. The third-order valence-electron chi connectivity index (χ3n) is 3.88. The number of benzene rings is 3. The maximum Gasteiger partial charge on any atom is 0.573 e. The van der Waals surface area contributed by atoms with Gasteiger partial charge in [-0.1, -0.05) is 36.4 Å². The highest BCUT2D eigenvalue weighted by atomic mass is 19.4. The molecular formula is C21H14F4N2O3. The molecule has 0 bridgehead atoms. The molecule has 5 nitrogen and oxygen atoms in total. The number of carbonyl (C=O) groups is 2. The van der Waals surface area contributed by atoms with Crippen molar-refractivity contribution in [3.63, 3.8) is 0 Å². The van der Waals surface area contributed by atoms with E-state index in [1.54, 1.807) is 30.3 Å². The summed E-state index contributed by atoms with van der Waals surface area (Å²) in [5.41, 5.74) is -0.794. The molecule has 2 N–H and O–H groups in total. The minimum atomic E-state index is -4.97. The lowest BCUT2D eigenvalue weighted by molar-refractivity contribution is -0.274. The van der Waals surface area contributed by atoms with Crippen LogP contribution in [0.15, 0.2) is 72.8 Å². The summed E-state index contributed by atoms with van der Waals surface area (Å²) < 4.78 is 56.3. The molecule has 154 valence electrons. The molecule has 0 atom stereocenters. The van der Waals surface area contributed by atoms with Crippen LogP contribution >= 0.6 is 0 Å². The van der Waals surface area contributed by atoms with Gasteiger partial charge in [0.05, 0.1) is 16.8 Å². The van der Waals surface area contributed by atoms with Crippen molar-refractivity contribution in [2.75, 3.05) is 10.6 Å². The van der Waals surface area contributed by atoms with Gasteiger partial charge in [0, 0.05) is 5.69 Å². The smallest absolute Gasteiger partial charge is 0.404 e. The second-order valence-electron chi connectivity index (χ2n) is 5.99. The van der Waals surface area contributed by atoms with Crippen LogP contribution in [0.3, 0.4) is 0 Å². The van der Waals surface area contributed by atoms with Gasteiger partial charge in [-0.05, 0) is 36.4 Å². The molecule has 0 aromatic heterocycles. The van der Waals surface area contributed by atoms with Gasteiger partial charge < -0.3 is 15.4 Å². The van der Waals surface area contributed by atoms with E-state index in [1.165, 1.54) is 30.3 Å². The fourth-order valence-electron chi connectivity index (χ4n) is 2.58. The van der Waals surface area contributed by atoms with E-state index in [-0.39, 0.29) is 5.69 Å². The second kappa shape index (κ2) is 8.64. The molecule has 0 radical (unpaired) electrons. The Morgan fingerprint density at radius 1 is 0.733 bits per heavy atom. The molecule has 30 heavy (non-hydrogen) atoms. The molecular weight excluding hydrogens is 404 g/mol. The van der Waals surface area contributed by atoms with Crippen LogP contribution < -0.4 is 15.4 Å². The predicted octanol–water partition coefficient (Wildman–Crippen LogP) is 5.23. The van der Waals surface area contributed by atoms with Gasteiger partial charge in [-0.15, -0.1) is 13.2 Å². The number of hydrogen-bond acceptors (Lipinski definition) is 3. The van der Waals surface area contributed by atoms with Crippen molar-refractivity contribution in [3.8, 4) is 5.75 Å². The maximum absolute atomic E-state index is 14.8. The second-order valence-corrected chi connectivity index (χ2v) is 5.99. The summed E-state index contributed by atoms with van der Waals surface area (Å²) in [7, 11) is 0. The fourth-order valence-corrected chi connectivity index (χ4v) is 2.58. The largest absolute Gasteiger partial charge is 0.573 e. The predicted molar refractivity (Wildman–Crippen MR) is 102 cm³/mol. The third kappa shape index (κ3) is 5.13. The quantitative estimate of drug-likeness (QED) is 0.558. The number of rotatable bonds is 5. The Bertz CT molecular complexity index is 1070. The summed E-state index contributed by atoms with van der Waals surface area (Å²) in [6.45, 7) is 0. The lowest BCUT2D eigenvalue weighted by atomic mass is 10.1. The number of para-hydroxylation sites is 3. The van der Waals surface area contributed by atoms with E-state index in [9.17, 15) is 27.2 Å². The first-order chi connectivity index (χ1) is 14.2. The van der Waals surface area contributed by atoms with Crippen LogP contribution in [0, 0.1) is 5.82 Å². The Labute approximate surface area is 168 Å². The van der Waals surface area contributed by atoms with Gasteiger partial charge in [0.15, 0.2) is 5.75 Å². The Hall–Kier alpha value is -3.88. The molecule has 9 heteroatoms. The van der Waals surface area contributed by atoms with Crippen molar-refractivity contribution in [2.24, 2.45) is 0 Å². The molecule has 0 aliphatic carbocycles. The average Bonchev–Trinajstić information content (AvgIpc) is 2.69. The highest BCUT2D eigenvalue weighted by Gasteiger charge is 2.32. The Morgan fingerprint density at radius 2 is 1.30 bits per heavy atom. The molecule has 0 fully saturated rings. The first-order valence-electron chi connectivity index (χ1n) is 8.55. The topological polar surface area (TPSA) is 67.4 Å². The SMILES string of the molecule is O=C(Nc1ccccc1)c1cccc(C(=O)Nc2ccccc2OC(F)(F)F)c1F. The zero-order valence-electron chi connectivity index (χ0n) is 15.2. The van der Waals surface area contributed by atoms with Crippen LogP contribution in [0.1, 0.15) is 20.7 Å². The average molecular weight is 418 g/mol. The highest BCUT2D eigenvalue weighted by Crippen LogP contribution is 2.30. The number of nitrogens with one attached hydrogen (secondary N) is 2. The van der Waals surface area contributed by atoms with Gasteiger partial charge >= 0.3 is 6.36 Å². The van der Waals surface area contributed by atoms with Crippen molar-refractivity contribution < 1.29 is 31.9 Å². The third-order valence-corrected chi connectivity index (χ3v) is 3.88. The summed E-state index contributed by atoms with van der Waals surface area (Å²) in [5, 5.41) is 4.66. The summed E-state index contributed by atoms with van der Waals surface area (Å²) >= 11 is 0. The first-order valence-corrected chi connectivity index (χ1v) is 8.55. The van der Waals surface area contributed by atoms with Crippen LogP contribution in [0.4, 0.5) is 28.9 Å². The van der Waals surface area contributed by atoms with Crippen LogP contribution in [-0.2, 0) is 0 Å². The number of alkyl halides is 3. The lowest BCUT2D eigenvalue weighted by Crippen LogP contribution is -2.21. The number of halogens is 4. The van der Waals surface area contributed by atoms with E-state index < -0.39 is 40.9 Å². The molecule has 0 heterocycles. The number of ether oxygens (including phenoxy) is 1. The van der Waals surface area contributed by atoms with Gasteiger partial charge in [0.1, 0.15) is 5.82 Å². The molecule has 3 aromatic rings. The summed E-state index contributed by atoms with van der Waals surface area (Å²) in [6.07, 6.45) is -4.97. The van der Waals surface area contributed by atoms with E-state index in [0.717, 1.165) is 12.1 Å². The van der Waals surface area contributed by atoms with Crippen LogP contribution in [0.5, 0.6) is 5.75 Å². The minimum absolute atomic E-state index is 0.307. The molecule has 0 aliphatic rings. The summed E-state index contributed by atoms with van der Waals surface area (Å²) in [5.74, 6) is -3.59. The van der Waals surface area contributed by atoms with E-state index in [2.05, 4.69) is 15.4 Å². The Morgan fingerprint density at radius 3 is 1.93 bits per heavy atom. The van der Waals surface area contributed by atoms with Gasteiger partial charge in [0.25, 0.3) is 11.8 Å². The van der Waals surface area contributed by atoms with Crippen molar-refractivity contribution in [1.29, 1.82) is 0 Å². The van der Waals surface area contributed by atoms with E-state index in [1.807, 2.05) is 0 Å². The zero-order valence-corrected chi connectivity index (χ0v) is 15.2. The molecule has 0 spiro atoms. The summed E-state index contributed by atoms with van der Waals surface area (Å²) in [4.78, 5) is 24.8. The summed E-state index contributed by atoms with van der Waals surface area (Å²) in [6, 6.07) is 16.7. The number of carbonyl (C=O) groups excluding carboxylic acids is 2. The molecule has 3 rings (SSSR count). The van der Waals surface area contributed by atoms with Gasteiger partial charge in [0.2, 0.25) is 0 Å². The van der Waals surface area contributed by atoms with Crippen molar-refractivity contribution >= 4 is 23.2 Å². The molecule has 2 amide bonds. The number of hydrogen-bond donors (Lipinski definition) is 2. The molecule has 0 unspecified atom stereocenters. The van der Waals surface area contributed by atoms with Crippen LogP contribution in [-0.4, -0.2) is 18.2 Å². The highest BCUT2D eigenvalue weighted by molar-refractivity contribution is 6.09. The van der Waals surface area contributed by atoms with E-state index in [4.69, 9.17) is 0 Å². The Balaban J connectivity index is 1.83. The van der Waals surface area contributed by atoms with E-state index >= 15 is 0 Å². The monoisotopic (exact) mass is 418 g/mol. The van der Waals surface area contributed by atoms with Crippen molar-refractivity contribution in [2.45, 2.75) is 6.36 Å². The van der Waals surface area contributed by atoms with E-state index in [0.29, 0.717) is 5.69 Å². The van der Waals surface area contributed by atoms with Crippen LogP contribution in [0.25, 0.3) is 0 Å². The fraction of sp³-hybridized carbons (Fsp3) is 0.0476.